The molecule has 0 unspecified atom stereocenters. The van der Waals surface area contributed by atoms with Crippen molar-refractivity contribution in [3.8, 4) is 0 Å². The second kappa shape index (κ2) is 8.12. The number of likely N-dealkylation sites (tertiary alicyclic amines) is 1. The molecule has 0 saturated carbocycles. The summed E-state index contributed by atoms with van der Waals surface area (Å²) in [5, 5.41) is 10.2. The van der Waals surface area contributed by atoms with Crippen molar-refractivity contribution >= 4 is 34.3 Å². The molecule has 1 N–H and O–H groups in total. The number of aryl methyl sites for hydroxylation is 3. The molecule has 0 bridgehead atoms. The Bertz CT molecular complexity index is 1050. The topological polar surface area (TPSA) is 88.8 Å². The quantitative estimate of drug-likeness (QED) is 0.652. The number of nitrogens with zero attached hydrogens (tertiary/aromatic N) is 6. The summed E-state index contributed by atoms with van der Waals surface area (Å²) in [6.45, 7) is 5.22. The van der Waals surface area contributed by atoms with Gasteiger partial charge in [-0.25, -0.2) is 15.0 Å². The summed E-state index contributed by atoms with van der Waals surface area (Å²) >= 11 is 1.55. The number of hydrogen-bond donors (Lipinski definition) is 1. The van der Waals surface area contributed by atoms with Crippen molar-refractivity contribution in [2.24, 2.45) is 7.05 Å². The summed E-state index contributed by atoms with van der Waals surface area (Å²) in [5.74, 6) is 1.66. The van der Waals surface area contributed by atoms with Crippen molar-refractivity contribution in [1.29, 1.82) is 0 Å². The summed E-state index contributed by atoms with van der Waals surface area (Å²) < 4.78 is 1.71. The van der Waals surface area contributed by atoms with E-state index in [1.807, 2.05) is 43.4 Å². The van der Waals surface area contributed by atoms with Crippen molar-refractivity contribution in [2.75, 3.05) is 18.4 Å². The van der Waals surface area contributed by atoms with Gasteiger partial charge >= 0.3 is 0 Å². The fourth-order valence-corrected chi connectivity index (χ4v) is 4.08. The first-order chi connectivity index (χ1) is 14.0. The van der Waals surface area contributed by atoms with Crippen LogP contribution in [-0.4, -0.2) is 48.6 Å². The van der Waals surface area contributed by atoms with E-state index >= 15 is 0 Å². The lowest BCUT2D eigenvalue weighted by molar-refractivity contribution is -0.124. The minimum Gasteiger partial charge on any atom is -0.338 e. The Morgan fingerprint density at radius 3 is 2.90 bits per heavy atom. The van der Waals surface area contributed by atoms with Crippen LogP contribution in [0.2, 0.25) is 0 Å². The molecule has 1 atom stereocenters. The molecule has 1 aliphatic heterocycles. The molecule has 9 heteroatoms. The molecule has 4 heterocycles. The third-order valence-electron chi connectivity index (χ3n) is 4.77. The van der Waals surface area contributed by atoms with E-state index in [1.165, 1.54) is 0 Å². The molecule has 4 rings (SSSR count). The number of amides is 1. The van der Waals surface area contributed by atoms with Gasteiger partial charge in [0, 0.05) is 55.3 Å². The molecular formula is C20H23N7OS. The van der Waals surface area contributed by atoms with Crippen LogP contribution in [0.25, 0.3) is 6.08 Å². The molecule has 150 valence electrons. The third kappa shape index (κ3) is 4.68. The molecule has 3 aromatic rings. The van der Waals surface area contributed by atoms with E-state index in [0.717, 1.165) is 40.9 Å². The molecule has 3 aromatic heterocycles. The summed E-state index contributed by atoms with van der Waals surface area (Å²) in [6, 6.07) is 1.97. The Balaban J connectivity index is 1.43. The predicted octanol–water partition coefficient (Wildman–Crippen LogP) is 3.06. The average Bonchev–Trinajstić information content (AvgIpc) is 3.41. The van der Waals surface area contributed by atoms with Crippen LogP contribution in [0.3, 0.4) is 0 Å². The highest BCUT2D eigenvalue weighted by atomic mass is 32.1. The lowest BCUT2D eigenvalue weighted by Crippen LogP contribution is -2.26. The Kier molecular flexibility index (Phi) is 5.39. The highest BCUT2D eigenvalue weighted by molar-refractivity contribution is 7.13. The Morgan fingerprint density at radius 1 is 1.31 bits per heavy atom. The zero-order valence-corrected chi connectivity index (χ0v) is 17.5. The number of carbonyl (C=O) groups is 1. The van der Waals surface area contributed by atoms with Gasteiger partial charge in [0.05, 0.1) is 17.6 Å². The van der Waals surface area contributed by atoms with Crippen LogP contribution >= 0.6 is 11.3 Å². The number of hydrogen-bond acceptors (Lipinski definition) is 7. The van der Waals surface area contributed by atoms with E-state index in [2.05, 4.69) is 25.4 Å². The van der Waals surface area contributed by atoms with E-state index in [9.17, 15) is 4.79 Å². The molecule has 0 radical (unpaired) electrons. The maximum absolute atomic E-state index is 12.5. The average molecular weight is 410 g/mol. The van der Waals surface area contributed by atoms with Crippen LogP contribution in [0.1, 0.15) is 35.1 Å². The molecule has 1 amide bonds. The largest absolute Gasteiger partial charge is 0.338 e. The van der Waals surface area contributed by atoms with Gasteiger partial charge in [-0.05, 0) is 26.3 Å². The van der Waals surface area contributed by atoms with Crippen LogP contribution in [-0.2, 0) is 11.8 Å². The van der Waals surface area contributed by atoms with Gasteiger partial charge in [-0.2, -0.15) is 5.10 Å². The summed E-state index contributed by atoms with van der Waals surface area (Å²) in [6.07, 6.45) is 7.91. The molecule has 1 saturated heterocycles. The lowest BCUT2D eigenvalue weighted by atomic mass is 10.0. The second-order valence-electron chi connectivity index (χ2n) is 7.19. The molecular weight excluding hydrogens is 386 g/mol. The normalized spacial score (nSPS) is 16.7. The fourth-order valence-electron chi connectivity index (χ4n) is 3.39. The van der Waals surface area contributed by atoms with Gasteiger partial charge in [0.25, 0.3) is 0 Å². The van der Waals surface area contributed by atoms with E-state index in [1.54, 1.807) is 34.4 Å². The van der Waals surface area contributed by atoms with Gasteiger partial charge in [-0.1, -0.05) is 0 Å². The summed E-state index contributed by atoms with van der Waals surface area (Å²) in [7, 11) is 1.85. The minimum absolute atomic E-state index is 0.0127. The third-order valence-corrected chi connectivity index (χ3v) is 5.65. The first-order valence-corrected chi connectivity index (χ1v) is 10.3. The van der Waals surface area contributed by atoms with Crippen molar-refractivity contribution in [3.05, 3.63) is 52.7 Å². The maximum atomic E-state index is 12.5. The highest BCUT2D eigenvalue weighted by Crippen LogP contribution is 2.28. The van der Waals surface area contributed by atoms with E-state index in [0.29, 0.717) is 12.4 Å². The zero-order chi connectivity index (χ0) is 20.4. The van der Waals surface area contributed by atoms with Crippen LogP contribution < -0.4 is 5.32 Å². The number of carbonyl (C=O) groups excluding carboxylic acids is 1. The minimum atomic E-state index is 0.0127. The van der Waals surface area contributed by atoms with Gasteiger partial charge in [0.1, 0.15) is 11.6 Å². The van der Waals surface area contributed by atoms with Gasteiger partial charge in [-0.3, -0.25) is 9.48 Å². The Labute approximate surface area is 173 Å². The van der Waals surface area contributed by atoms with Crippen molar-refractivity contribution in [3.63, 3.8) is 0 Å². The Hall–Kier alpha value is -3.07. The van der Waals surface area contributed by atoms with E-state index in [-0.39, 0.29) is 11.8 Å². The van der Waals surface area contributed by atoms with Crippen LogP contribution in [0.4, 0.5) is 10.9 Å². The summed E-state index contributed by atoms with van der Waals surface area (Å²) in [5.41, 5.74) is 2.85. The van der Waals surface area contributed by atoms with E-state index < -0.39 is 0 Å². The molecule has 0 aromatic carbocycles. The smallest absolute Gasteiger partial charge is 0.246 e. The second-order valence-corrected chi connectivity index (χ2v) is 8.05. The number of aromatic nitrogens is 5. The van der Waals surface area contributed by atoms with E-state index in [4.69, 9.17) is 0 Å². The van der Waals surface area contributed by atoms with Gasteiger partial charge in [0.2, 0.25) is 5.91 Å². The zero-order valence-electron chi connectivity index (χ0n) is 16.7. The first kappa shape index (κ1) is 19.3. The van der Waals surface area contributed by atoms with Crippen molar-refractivity contribution < 1.29 is 4.79 Å². The lowest BCUT2D eigenvalue weighted by Gasteiger charge is -2.15. The molecule has 1 fully saturated rings. The van der Waals surface area contributed by atoms with Crippen LogP contribution in [0.15, 0.2) is 29.9 Å². The molecule has 8 nitrogen and oxygen atoms in total. The SMILES string of the molecule is Cc1csc(Nc2cc([C@@H]3CCN(C(=O)/C=C/c4cnn(C)c4)C3)nc(C)n2)n1. The number of nitrogens with one attached hydrogen (secondary N) is 1. The molecule has 29 heavy (non-hydrogen) atoms. The predicted molar refractivity (Wildman–Crippen MR) is 113 cm³/mol. The standard InChI is InChI=1S/C20H23N7OS/c1-13-12-29-20(22-13)25-18-8-17(23-14(2)24-18)16-6-7-27(11-16)19(28)5-4-15-9-21-26(3)10-15/h4-5,8-10,12,16H,6-7,11H2,1-3H3,(H,22,23,24,25)/b5-4+/t16-/m1/s1. The molecule has 1 aliphatic rings. The van der Waals surface area contributed by atoms with Crippen LogP contribution in [0, 0.1) is 13.8 Å². The van der Waals surface area contributed by atoms with Gasteiger partial charge in [0.15, 0.2) is 5.13 Å². The first-order valence-electron chi connectivity index (χ1n) is 9.46. The Morgan fingerprint density at radius 2 is 2.17 bits per heavy atom. The number of anilines is 2. The fraction of sp³-hybridized carbons (Fsp3) is 0.350. The van der Waals surface area contributed by atoms with Crippen molar-refractivity contribution in [2.45, 2.75) is 26.2 Å². The number of rotatable bonds is 5. The maximum Gasteiger partial charge on any atom is 0.246 e. The monoisotopic (exact) mass is 409 g/mol. The molecule has 0 aliphatic carbocycles. The summed E-state index contributed by atoms with van der Waals surface area (Å²) in [4.78, 5) is 27.9. The highest BCUT2D eigenvalue weighted by Gasteiger charge is 2.27. The molecule has 0 spiro atoms. The van der Waals surface area contributed by atoms with Gasteiger partial charge in [-0.15, -0.1) is 11.3 Å². The number of thiazole rings is 1. The van der Waals surface area contributed by atoms with Crippen molar-refractivity contribution in [1.82, 2.24) is 29.6 Å². The van der Waals surface area contributed by atoms with Gasteiger partial charge < -0.3 is 10.2 Å². The van der Waals surface area contributed by atoms with Crippen LogP contribution in [0.5, 0.6) is 0 Å².